The van der Waals surface area contributed by atoms with Crippen molar-refractivity contribution in [3.8, 4) is 0 Å². The van der Waals surface area contributed by atoms with Crippen molar-refractivity contribution >= 4 is 5.91 Å². The highest BCUT2D eigenvalue weighted by molar-refractivity contribution is 5.79. The summed E-state index contributed by atoms with van der Waals surface area (Å²) in [6.07, 6.45) is 2.91. The van der Waals surface area contributed by atoms with Gasteiger partial charge in [0, 0.05) is 25.0 Å². The molecule has 1 aliphatic heterocycles. The Kier molecular flexibility index (Phi) is 3.97. The summed E-state index contributed by atoms with van der Waals surface area (Å²) in [4.78, 5) is 14.5. The van der Waals surface area contributed by atoms with Gasteiger partial charge in [-0.3, -0.25) is 4.79 Å². The van der Waals surface area contributed by atoms with Crippen LogP contribution >= 0.6 is 0 Å². The van der Waals surface area contributed by atoms with E-state index in [1.54, 1.807) is 0 Å². The van der Waals surface area contributed by atoms with Crippen LogP contribution in [0.5, 0.6) is 0 Å². The second kappa shape index (κ2) is 5.17. The molecule has 0 spiro atoms. The van der Waals surface area contributed by atoms with E-state index in [0.717, 1.165) is 25.8 Å². The van der Waals surface area contributed by atoms with Crippen molar-refractivity contribution < 1.29 is 9.53 Å². The third-order valence-corrected chi connectivity index (χ3v) is 4.34. The first-order chi connectivity index (χ1) is 8.39. The first-order valence-electron chi connectivity index (χ1n) is 7.07. The fourth-order valence-corrected chi connectivity index (χ4v) is 3.04. The zero-order valence-electron chi connectivity index (χ0n) is 11.8. The molecule has 18 heavy (non-hydrogen) atoms. The van der Waals surface area contributed by atoms with Gasteiger partial charge in [-0.15, -0.1) is 0 Å². The summed E-state index contributed by atoms with van der Waals surface area (Å²) >= 11 is 0. The van der Waals surface area contributed by atoms with E-state index in [9.17, 15) is 4.79 Å². The van der Waals surface area contributed by atoms with Crippen LogP contribution in [0, 0.1) is 11.8 Å². The molecular formula is C14H26N2O2. The normalized spacial score (nSPS) is 36.4. The zero-order valence-corrected chi connectivity index (χ0v) is 11.8. The van der Waals surface area contributed by atoms with Gasteiger partial charge in [0.1, 0.15) is 0 Å². The van der Waals surface area contributed by atoms with E-state index in [-0.39, 0.29) is 23.5 Å². The van der Waals surface area contributed by atoms with E-state index >= 15 is 0 Å². The predicted molar refractivity (Wildman–Crippen MR) is 71.1 cm³/mol. The predicted octanol–water partition coefficient (Wildman–Crippen LogP) is 1.39. The summed E-state index contributed by atoms with van der Waals surface area (Å²) in [6.45, 7) is 8.34. The highest BCUT2D eigenvalue weighted by Gasteiger charge is 2.36. The quantitative estimate of drug-likeness (QED) is 0.769. The van der Waals surface area contributed by atoms with Crippen molar-refractivity contribution in [1.82, 2.24) is 4.90 Å². The third-order valence-electron chi connectivity index (χ3n) is 4.34. The first kappa shape index (κ1) is 13.8. The molecule has 2 rings (SSSR count). The number of hydrogen-bond acceptors (Lipinski definition) is 3. The van der Waals surface area contributed by atoms with Crippen LogP contribution in [0.2, 0.25) is 0 Å². The number of carbonyl (C=O) groups is 1. The first-order valence-corrected chi connectivity index (χ1v) is 7.07. The molecule has 0 radical (unpaired) electrons. The molecule has 4 nitrogen and oxygen atoms in total. The van der Waals surface area contributed by atoms with Gasteiger partial charge >= 0.3 is 0 Å². The van der Waals surface area contributed by atoms with Crippen LogP contribution in [0.15, 0.2) is 0 Å². The average molecular weight is 254 g/mol. The van der Waals surface area contributed by atoms with Gasteiger partial charge in [0.15, 0.2) is 0 Å². The minimum absolute atomic E-state index is 0.130. The van der Waals surface area contributed by atoms with Crippen LogP contribution in [0.4, 0.5) is 0 Å². The Morgan fingerprint density at radius 3 is 2.72 bits per heavy atom. The molecule has 0 bridgehead atoms. The van der Waals surface area contributed by atoms with Gasteiger partial charge in [-0.25, -0.2) is 0 Å². The van der Waals surface area contributed by atoms with E-state index < -0.39 is 0 Å². The van der Waals surface area contributed by atoms with Crippen molar-refractivity contribution in [2.45, 2.75) is 51.7 Å². The van der Waals surface area contributed by atoms with E-state index in [0.29, 0.717) is 19.1 Å². The topological polar surface area (TPSA) is 55.6 Å². The maximum absolute atomic E-state index is 12.5. The molecule has 4 heteroatoms. The molecule has 104 valence electrons. The number of amides is 1. The Balaban J connectivity index is 1.95. The Morgan fingerprint density at radius 2 is 2.11 bits per heavy atom. The number of carbonyl (C=O) groups excluding carboxylic acids is 1. The standard InChI is InChI=1S/C14H26N2O2/c1-10-4-5-11(8-12(10)15)13(17)16-6-7-18-14(2,3)9-16/h10-12H,4-9,15H2,1-3H3. The lowest BCUT2D eigenvalue weighted by Crippen LogP contribution is -2.53. The molecule has 0 aromatic carbocycles. The lowest BCUT2D eigenvalue weighted by Gasteiger charge is -2.41. The molecule has 2 fully saturated rings. The number of rotatable bonds is 1. The molecule has 2 aliphatic rings. The molecule has 1 saturated heterocycles. The molecule has 3 unspecified atom stereocenters. The van der Waals surface area contributed by atoms with Gasteiger partial charge in [0.25, 0.3) is 0 Å². The monoisotopic (exact) mass is 254 g/mol. The lowest BCUT2D eigenvalue weighted by atomic mass is 9.79. The van der Waals surface area contributed by atoms with Crippen LogP contribution < -0.4 is 5.73 Å². The molecule has 0 aromatic rings. The van der Waals surface area contributed by atoms with Gasteiger partial charge in [0.05, 0.1) is 12.2 Å². The molecule has 0 aromatic heterocycles. The summed E-state index contributed by atoms with van der Waals surface area (Å²) < 4.78 is 5.65. The Hall–Kier alpha value is -0.610. The van der Waals surface area contributed by atoms with Crippen molar-refractivity contribution in [3.05, 3.63) is 0 Å². The smallest absolute Gasteiger partial charge is 0.225 e. The number of nitrogens with two attached hydrogens (primary N) is 1. The summed E-state index contributed by atoms with van der Waals surface area (Å²) in [5, 5.41) is 0. The van der Waals surface area contributed by atoms with Crippen LogP contribution in [0.1, 0.15) is 40.0 Å². The highest BCUT2D eigenvalue weighted by Crippen LogP contribution is 2.30. The highest BCUT2D eigenvalue weighted by atomic mass is 16.5. The number of ether oxygens (including phenoxy) is 1. The Labute approximate surface area is 110 Å². The van der Waals surface area contributed by atoms with E-state index in [1.165, 1.54) is 0 Å². The van der Waals surface area contributed by atoms with Gasteiger partial charge in [-0.2, -0.15) is 0 Å². The molecule has 1 saturated carbocycles. The molecule has 2 N–H and O–H groups in total. The lowest BCUT2D eigenvalue weighted by molar-refractivity contribution is -0.151. The van der Waals surface area contributed by atoms with Crippen molar-refractivity contribution in [2.24, 2.45) is 17.6 Å². The molecule has 1 amide bonds. The van der Waals surface area contributed by atoms with Gasteiger partial charge in [0.2, 0.25) is 5.91 Å². The average Bonchev–Trinajstić information content (AvgIpc) is 2.30. The van der Waals surface area contributed by atoms with Crippen molar-refractivity contribution in [1.29, 1.82) is 0 Å². The number of morpholine rings is 1. The summed E-state index contributed by atoms with van der Waals surface area (Å²) in [5.41, 5.74) is 5.88. The van der Waals surface area contributed by atoms with Crippen molar-refractivity contribution in [2.75, 3.05) is 19.7 Å². The van der Waals surface area contributed by atoms with Crippen LogP contribution in [-0.4, -0.2) is 42.1 Å². The second-order valence-corrected chi connectivity index (χ2v) is 6.52. The molecular weight excluding hydrogens is 228 g/mol. The van der Waals surface area contributed by atoms with Crippen LogP contribution in [-0.2, 0) is 9.53 Å². The Morgan fingerprint density at radius 1 is 1.39 bits per heavy atom. The van der Waals surface area contributed by atoms with Crippen LogP contribution in [0.25, 0.3) is 0 Å². The van der Waals surface area contributed by atoms with E-state index in [4.69, 9.17) is 10.5 Å². The van der Waals surface area contributed by atoms with Crippen molar-refractivity contribution in [3.63, 3.8) is 0 Å². The molecule has 1 aliphatic carbocycles. The minimum Gasteiger partial charge on any atom is -0.372 e. The second-order valence-electron chi connectivity index (χ2n) is 6.52. The summed E-state index contributed by atoms with van der Waals surface area (Å²) in [7, 11) is 0. The zero-order chi connectivity index (χ0) is 13.3. The van der Waals surface area contributed by atoms with Gasteiger partial charge in [-0.1, -0.05) is 6.92 Å². The summed E-state index contributed by atoms with van der Waals surface area (Å²) in [6, 6.07) is 0.182. The maximum atomic E-state index is 12.5. The SMILES string of the molecule is CC1CCC(C(=O)N2CCOC(C)(C)C2)CC1N. The number of hydrogen-bond donors (Lipinski definition) is 1. The summed E-state index contributed by atoms with van der Waals surface area (Å²) in [5.74, 6) is 0.967. The fraction of sp³-hybridized carbons (Fsp3) is 0.929. The van der Waals surface area contributed by atoms with Crippen LogP contribution in [0.3, 0.4) is 0 Å². The number of nitrogens with zero attached hydrogens (tertiary/aromatic N) is 1. The Bertz CT molecular complexity index is 317. The van der Waals surface area contributed by atoms with E-state index in [1.807, 2.05) is 18.7 Å². The fourth-order valence-electron chi connectivity index (χ4n) is 3.04. The van der Waals surface area contributed by atoms with E-state index in [2.05, 4.69) is 6.92 Å². The van der Waals surface area contributed by atoms with Gasteiger partial charge in [-0.05, 0) is 39.0 Å². The molecule has 1 heterocycles. The third kappa shape index (κ3) is 3.04. The maximum Gasteiger partial charge on any atom is 0.225 e. The molecule has 3 atom stereocenters. The largest absolute Gasteiger partial charge is 0.372 e. The minimum atomic E-state index is -0.210. The van der Waals surface area contributed by atoms with Gasteiger partial charge < -0.3 is 15.4 Å².